The number of aromatic amines is 1. The number of hydrogen-bond acceptors (Lipinski definition) is 5. The predicted molar refractivity (Wildman–Crippen MR) is 88.4 cm³/mol. The Balaban J connectivity index is 1.96. The number of sulfonamides is 1. The molecule has 1 aliphatic rings. The van der Waals surface area contributed by atoms with Crippen molar-refractivity contribution in [3.05, 3.63) is 47.8 Å². The van der Waals surface area contributed by atoms with E-state index in [0.717, 1.165) is 12.6 Å². The third-order valence-electron chi connectivity index (χ3n) is 4.40. The Kier molecular flexibility index (Phi) is 4.85. The van der Waals surface area contributed by atoms with Gasteiger partial charge in [0, 0.05) is 32.0 Å². The zero-order valence-corrected chi connectivity index (χ0v) is 14.5. The minimum atomic E-state index is -3.98. The van der Waals surface area contributed by atoms with Crippen molar-refractivity contribution in [3.63, 3.8) is 0 Å². The molecule has 2 aromatic rings. The first-order valence-electron chi connectivity index (χ1n) is 7.91. The summed E-state index contributed by atoms with van der Waals surface area (Å²) in [7, 11) is -3.98. The maximum Gasteiger partial charge on any atom is 0.244 e. The third-order valence-corrected chi connectivity index (χ3v) is 6.31. The van der Waals surface area contributed by atoms with Gasteiger partial charge in [-0.15, -0.1) is 0 Å². The molecule has 1 atom stereocenters. The molecular formula is C16H18FN5O2S. The minimum absolute atomic E-state index is 0.186. The Labute approximate surface area is 145 Å². The van der Waals surface area contributed by atoms with E-state index in [4.69, 9.17) is 5.26 Å². The molecule has 0 spiro atoms. The van der Waals surface area contributed by atoms with Crippen molar-refractivity contribution < 1.29 is 12.8 Å². The highest BCUT2D eigenvalue weighted by Gasteiger charge is 2.36. The van der Waals surface area contributed by atoms with Crippen molar-refractivity contribution in [2.24, 2.45) is 0 Å². The number of benzene rings is 1. The zero-order valence-electron chi connectivity index (χ0n) is 13.7. The molecule has 0 radical (unpaired) electrons. The lowest BCUT2D eigenvalue weighted by Crippen LogP contribution is -2.50. The molecule has 1 aliphatic heterocycles. The Morgan fingerprint density at radius 3 is 2.88 bits per heavy atom. The van der Waals surface area contributed by atoms with Crippen molar-refractivity contribution in [1.29, 1.82) is 5.26 Å². The Morgan fingerprint density at radius 1 is 1.44 bits per heavy atom. The number of rotatable bonds is 4. The summed E-state index contributed by atoms with van der Waals surface area (Å²) in [5.74, 6) is -0.153. The second-order valence-electron chi connectivity index (χ2n) is 5.71. The van der Waals surface area contributed by atoms with Crippen LogP contribution in [0.3, 0.4) is 0 Å². The molecule has 1 fully saturated rings. The van der Waals surface area contributed by atoms with Crippen molar-refractivity contribution in [3.8, 4) is 6.07 Å². The second-order valence-corrected chi connectivity index (χ2v) is 7.61. The van der Waals surface area contributed by atoms with Gasteiger partial charge in [0.15, 0.2) is 0 Å². The molecule has 7 nitrogen and oxygen atoms in total. The first-order valence-corrected chi connectivity index (χ1v) is 9.35. The summed E-state index contributed by atoms with van der Waals surface area (Å²) < 4.78 is 41.1. The van der Waals surface area contributed by atoms with Crippen LogP contribution < -0.4 is 0 Å². The molecule has 9 heteroatoms. The van der Waals surface area contributed by atoms with Crippen LogP contribution in [0.15, 0.2) is 35.5 Å². The Hall–Kier alpha value is -2.28. The number of likely N-dealkylation sites (N-methyl/N-ethyl adjacent to an activating group) is 1. The standard InChI is InChI=1S/C16H18FN5O2S/c1-2-21-8-9-22(11-14(21)16-19-6-7-20-16)25(23,24)15-5-3-4-13(17)12(15)10-18/h3-7,14H,2,8-9,11H2,1H3,(H,19,20)/t14-/m0/s1. The molecule has 0 saturated carbocycles. The highest BCUT2D eigenvalue weighted by Crippen LogP contribution is 2.28. The van der Waals surface area contributed by atoms with Crippen LogP contribution in [0.1, 0.15) is 24.4 Å². The summed E-state index contributed by atoms with van der Waals surface area (Å²) in [6.45, 7) is 3.74. The Bertz CT molecular complexity index is 892. The van der Waals surface area contributed by atoms with Gasteiger partial charge in [-0.25, -0.2) is 17.8 Å². The van der Waals surface area contributed by atoms with Crippen LogP contribution in [0.2, 0.25) is 0 Å². The maximum absolute atomic E-state index is 13.8. The molecule has 2 heterocycles. The Morgan fingerprint density at radius 2 is 2.24 bits per heavy atom. The first kappa shape index (κ1) is 17.5. The number of halogens is 1. The van der Waals surface area contributed by atoms with Gasteiger partial charge in [0.05, 0.1) is 6.04 Å². The summed E-state index contributed by atoms with van der Waals surface area (Å²) in [5.41, 5.74) is -0.449. The number of hydrogen-bond donors (Lipinski definition) is 1. The van der Waals surface area contributed by atoms with Gasteiger partial charge in [-0.3, -0.25) is 4.90 Å². The van der Waals surface area contributed by atoms with E-state index in [9.17, 15) is 12.8 Å². The largest absolute Gasteiger partial charge is 0.347 e. The van der Waals surface area contributed by atoms with Crippen LogP contribution >= 0.6 is 0 Å². The number of nitrogens with zero attached hydrogens (tertiary/aromatic N) is 4. The molecule has 0 unspecified atom stereocenters. The summed E-state index contributed by atoms with van der Waals surface area (Å²) >= 11 is 0. The predicted octanol–water partition coefficient (Wildman–Crippen LogP) is 1.49. The molecular weight excluding hydrogens is 345 g/mol. The summed E-state index contributed by atoms with van der Waals surface area (Å²) in [6, 6.07) is 5.09. The van der Waals surface area contributed by atoms with Crippen molar-refractivity contribution in [2.75, 3.05) is 26.2 Å². The monoisotopic (exact) mass is 363 g/mol. The zero-order chi connectivity index (χ0) is 18.0. The fourth-order valence-corrected chi connectivity index (χ4v) is 4.67. The van der Waals surface area contributed by atoms with Crippen LogP contribution in [0.5, 0.6) is 0 Å². The first-order chi connectivity index (χ1) is 12.0. The fourth-order valence-electron chi connectivity index (χ4n) is 3.08. The quantitative estimate of drug-likeness (QED) is 0.888. The topological polar surface area (TPSA) is 93.1 Å². The van der Waals surface area contributed by atoms with Crippen LogP contribution in [0, 0.1) is 17.1 Å². The number of piperazine rings is 1. The van der Waals surface area contributed by atoms with Crippen molar-refractivity contribution >= 4 is 10.0 Å². The van der Waals surface area contributed by atoms with Gasteiger partial charge in [-0.05, 0) is 18.7 Å². The van der Waals surface area contributed by atoms with Crippen LogP contribution in [0.25, 0.3) is 0 Å². The lowest BCUT2D eigenvalue weighted by atomic mass is 10.2. The average Bonchev–Trinajstić information content (AvgIpc) is 3.15. The molecule has 1 N–H and O–H groups in total. The van der Waals surface area contributed by atoms with Gasteiger partial charge in [0.1, 0.15) is 28.2 Å². The molecule has 1 aromatic heterocycles. The lowest BCUT2D eigenvalue weighted by Gasteiger charge is -2.39. The molecule has 0 aliphatic carbocycles. The van der Waals surface area contributed by atoms with Crippen molar-refractivity contribution in [1.82, 2.24) is 19.2 Å². The number of imidazole rings is 1. The number of aromatic nitrogens is 2. The third kappa shape index (κ3) is 3.16. The lowest BCUT2D eigenvalue weighted by molar-refractivity contribution is 0.119. The van der Waals surface area contributed by atoms with Gasteiger partial charge in [0.25, 0.3) is 0 Å². The van der Waals surface area contributed by atoms with E-state index in [1.165, 1.54) is 16.4 Å². The average molecular weight is 363 g/mol. The maximum atomic E-state index is 13.8. The van der Waals surface area contributed by atoms with E-state index < -0.39 is 21.4 Å². The summed E-state index contributed by atoms with van der Waals surface area (Å²) in [6.07, 6.45) is 3.31. The van der Waals surface area contributed by atoms with Gasteiger partial charge in [-0.2, -0.15) is 9.57 Å². The normalized spacial score (nSPS) is 19.6. The van der Waals surface area contributed by atoms with E-state index in [0.29, 0.717) is 12.4 Å². The molecule has 3 rings (SSSR count). The molecule has 1 saturated heterocycles. The highest BCUT2D eigenvalue weighted by molar-refractivity contribution is 7.89. The summed E-state index contributed by atoms with van der Waals surface area (Å²) in [4.78, 5) is 9.11. The van der Waals surface area contributed by atoms with E-state index in [1.54, 1.807) is 18.5 Å². The number of H-pyrrole nitrogens is 1. The highest BCUT2D eigenvalue weighted by atomic mass is 32.2. The van der Waals surface area contributed by atoms with E-state index in [1.807, 2.05) is 6.92 Å². The van der Waals surface area contributed by atoms with Crippen LogP contribution in [0.4, 0.5) is 4.39 Å². The van der Waals surface area contributed by atoms with E-state index in [-0.39, 0.29) is 24.0 Å². The van der Waals surface area contributed by atoms with E-state index >= 15 is 0 Å². The van der Waals surface area contributed by atoms with Crippen LogP contribution in [-0.4, -0.2) is 53.8 Å². The molecule has 132 valence electrons. The van der Waals surface area contributed by atoms with Gasteiger partial charge in [0.2, 0.25) is 10.0 Å². The van der Waals surface area contributed by atoms with Gasteiger partial charge >= 0.3 is 0 Å². The minimum Gasteiger partial charge on any atom is -0.347 e. The van der Waals surface area contributed by atoms with E-state index in [2.05, 4.69) is 14.9 Å². The van der Waals surface area contributed by atoms with Crippen LogP contribution in [-0.2, 0) is 10.0 Å². The fraction of sp³-hybridized carbons (Fsp3) is 0.375. The smallest absolute Gasteiger partial charge is 0.244 e. The number of nitrogens with one attached hydrogen (secondary N) is 1. The SMILES string of the molecule is CCN1CCN(S(=O)(=O)c2cccc(F)c2C#N)C[C@H]1c1ncc[nH]1. The van der Waals surface area contributed by atoms with Gasteiger partial charge in [-0.1, -0.05) is 13.0 Å². The molecule has 25 heavy (non-hydrogen) atoms. The van der Waals surface area contributed by atoms with Crippen molar-refractivity contribution in [2.45, 2.75) is 17.9 Å². The van der Waals surface area contributed by atoms with Gasteiger partial charge < -0.3 is 4.98 Å². The number of nitriles is 1. The molecule has 0 amide bonds. The second kappa shape index (κ2) is 6.92. The summed E-state index contributed by atoms with van der Waals surface area (Å²) in [5, 5.41) is 9.15. The molecule has 1 aromatic carbocycles. The molecule has 0 bridgehead atoms.